The Labute approximate surface area is 104 Å². The maximum atomic E-state index is 12.5. The minimum Gasteiger partial charge on any atom is -0.370 e. The average Bonchev–Trinajstić information content (AvgIpc) is 2.28. The second kappa shape index (κ2) is 5.88. The van der Waals surface area contributed by atoms with E-state index in [1.807, 2.05) is 13.8 Å². The molecule has 3 N–H and O–H groups in total. The quantitative estimate of drug-likeness (QED) is 0.856. The van der Waals surface area contributed by atoms with E-state index in [0.29, 0.717) is 12.5 Å². The summed E-state index contributed by atoms with van der Waals surface area (Å²) >= 11 is 0. The van der Waals surface area contributed by atoms with Crippen molar-refractivity contribution in [3.63, 3.8) is 0 Å². The summed E-state index contributed by atoms with van der Waals surface area (Å²) < 4.78 is 37.5. The highest BCUT2D eigenvalue weighted by atomic mass is 19.4. The molecule has 0 amide bonds. The zero-order valence-corrected chi connectivity index (χ0v) is 10.4. The molecule has 0 spiro atoms. The standard InChI is InChI=1S/C11H17F3N4/c1-3-7(4-2)6-16-9-5-8(11(12,13)14)17-10(15)18-9/h5,7H,3-4,6H2,1-2H3,(H3,15,16,17,18). The van der Waals surface area contributed by atoms with Crippen molar-refractivity contribution in [1.29, 1.82) is 0 Å². The zero-order chi connectivity index (χ0) is 13.8. The predicted octanol–water partition coefficient (Wildman–Crippen LogP) is 2.93. The van der Waals surface area contributed by atoms with Crippen molar-refractivity contribution in [3.05, 3.63) is 11.8 Å². The number of nitrogens with one attached hydrogen (secondary N) is 1. The van der Waals surface area contributed by atoms with Crippen molar-refractivity contribution in [2.75, 3.05) is 17.6 Å². The molecule has 1 aromatic heterocycles. The van der Waals surface area contributed by atoms with E-state index in [2.05, 4.69) is 15.3 Å². The first-order valence-electron chi connectivity index (χ1n) is 5.82. The molecule has 1 aromatic rings. The van der Waals surface area contributed by atoms with E-state index in [1.54, 1.807) is 0 Å². The fourth-order valence-electron chi connectivity index (χ4n) is 1.53. The molecule has 0 fully saturated rings. The molecule has 18 heavy (non-hydrogen) atoms. The van der Waals surface area contributed by atoms with Gasteiger partial charge in [-0.25, -0.2) is 4.98 Å². The van der Waals surface area contributed by atoms with Gasteiger partial charge in [0.1, 0.15) is 5.82 Å². The molecule has 0 unspecified atom stereocenters. The molecule has 0 saturated heterocycles. The van der Waals surface area contributed by atoms with Gasteiger partial charge in [0.2, 0.25) is 5.95 Å². The van der Waals surface area contributed by atoms with Gasteiger partial charge in [-0.2, -0.15) is 18.2 Å². The topological polar surface area (TPSA) is 63.8 Å². The maximum absolute atomic E-state index is 12.5. The van der Waals surface area contributed by atoms with Crippen LogP contribution in [0.25, 0.3) is 0 Å². The highest BCUT2D eigenvalue weighted by Gasteiger charge is 2.33. The van der Waals surface area contributed by atoms with Crippen LogP contribution in [-0.4, -0.2) is 16.5 Å². The van der Waals surface area contributed by atoms with Crippen LogP contribution >= 0.6 is 0 Å². The Bertz CT molecular complexity index is 388. The van der Waals surface area contributed by atoms with Gasteiger partial charge < -0.3 is 11.1 Å². The summed E-state index contributed by atoms with van der Waals surface area (Å²) in [6.45, 7) is 4.64. The van der Waals surface area contributed by atoms with Crippen molar-refractivity contribution in [2.24, 2.45) is 5.92 Å². The molecule has 0 aliphatic carbocycles. The third-order valence-electron chi connectivity index (χ3n) is 2.76. The van der Waals surface area contributed by atoms with E-state index in [-0.39, 0.29) is 11.8 Å². The molecule has 102 valence electrons. The first kappa shape index (κ1) is 14.5. The Hall–Kier alpha value is -1.53. The third kappa shape index (κ3) is 4.05. The summed E-state index contributed by atoms with van der Waals surface area (Å²) in [6, 6.07) is 0.874. The van der Waals surface area contributed by atoms with Crippen molar-refractivity contribution in [3.8, 4) is 0 Å². The van der Waals surface area contributed by atoms with Gasteiger partial charge in [0, 0.05) is 12.6 Å². The van der Waals surface area contributed by atoms with Gasteiger partial charge in [-0.05, 0) is 5.92 Å². The van der Waals surface area contributed by atoms with Crippen molar-refractivity contribution < 1.29 is 13.2 Å². The number of rotatable bonds is 5. The molecular formula is C11H17F3N4. The molecule has 0 radical (unpaired) electrons. The fraction of sp³-hybridized carbons (Fsp3) is 0.636. The number of nitrogen functional groups attached to an aromatic ring is 1. The number of alkyl halides is 3. The Morgan fingerprint density at radius 3 is 2.39 bits per heavy atom. The number of anilines is 2. The SMILES string of the molecule is CCC(CC)CNc1cc(C(F)(F)F)nc(N)n1. The Balaban J connectivity index is 2.81. The van der Waals surface area contributed by atoms with Gasteiger partial charge in [0.25, 0.3) is 0 Å². The molecule has 0 aliphatic rings. The maximum Gasteiger partial charge on any atom is 0.433 e. The first-order valence-corrected chi connectivity index (χ1v) is 5.82. The van der Waals surface area contributed by atoms with Crippen molar-refractivity contribution in [1.82, 2.24) is 9.97 Å². The lowest BCUT2D eigenvalue weighted by Crippen LogP contribution is -2.16. The van der Waals surface area contributed by atoms with Gasteiger partial charge >= 0.3 is 6.18 Å². The molecule has 1 rings (SSSR count). The highest BCUT2D eigenvalue weighted by molar-refractivity contribution is 5.41. The first-order chi connectivity index (χ1) is 8.36. The number of nitrogens with zero attached hydrogens (tertiary/aromatic N) is 2. The molecular weight excluding hydrogens is 245 g/mol. The van der Waals surface area contributed by atoms with Crippen LogP contribution in [0.5, 0.6) is 0 Å². The lowest BCUT2D eigenvalue weighted by Gasteiger charge is -2.15. The smallest absolute Gasteiger partial charge is 0.370 e. The van der Waals surface area contributed by atoms with Crippen LogP contribution in [0.15, 0.2) is 6.07 Å². The molecule has 0 saturated carbocycles. The third-order valence-corrected chi connectivity index (χ3v) is 2.76. The van der Waals surface area contributed by atoms with Crippen molar-refractivity contribution >= 4 is 11.8 Å². The molecule has 7 heteroatoms. The van der Waals surface area contributed by atoms with E-state index < -0.39 is 11.9 Å². The van der Waals surface area contributed by atoms with Crippen LogP contribution in [0, 0.1) is 5.92 Å². The van der Waals surface area contributed by atoms with E-state index in [0.717, 1.165) is 18.9 Å². The number of hydrogen-bond acceptors (Lipinski definition) is 4. The van der Waals surface area contributed by atoms with Gasteiger partial charge in [-0.15, -0.1) is 0 Å². The summed E-state index contributed by atoms with van der Waals surface area (Å²) in [7, 11) is 0. The highest BCUT2D eigenvalue weighted by Crippen LogP contribution is 2.29. The summed E-state index contributed by atoms with van der Waals surface area (Å²) in [5, 5.41) is 2.87. The zero-order valence-electron chi connectivity index (χ0n) is 10.4. The van der Waals surface area contributed by atoms with Crippen LogP contribution in [0.4, 0.5) is 24.9 Å². The molecule has 1 heterocycles. The summed E-state index contributed by atoms with van der Waals surface area (Å²) in [5.74, 6) is 0.133. The molecule has 0 bridgehead atoms. The minimum atomic E-state index is -4.51. The summed E-state index contributed by atoms with van der Waals surface area (Å²) in [6.07, 6.45) is -2.60. The van der Waals surface area contributed by atoms with Crippen LogP contribution in [0.2, 0.25) is 0 Å². The van der Waals surface area contributed by atoms with Gasteiger partial charge in [-0.1, -0.05) is 26.7 Å². The van der Waals surface area contributed by atoms with E-state index in [9.17, 15) is 13.2 Å². The summed E-state index contributed by atoms with van der Waals surface area (Å²) in [4.78, 5) is 6.92. The van der Waals surface area contributed by atoms with Gasteiger partial charge in [-0.3, -0.25) is 0 Å². The van der Waals surface area contributed by atoms with Crippen molar-refractivity contribution in [2.45, 2.75) is 32.9 Å². The normalized spacial score (nSPS) is 11.9. The van der Waals surface area contributed by atoms with E-state index in [1.165, 1.54) is 0 Å². The largest absolute Gasteiger partial charge is 0.433 e. The predicted molar refractivity (Wildman–Crippen MR) is 64.0 cm³/mol. The lowest BCUT2D eigenvalue weighted by atomic mass is 10.0. The van der Waals surface area contributed by atoms with Gasteiger partial charge in [0.05, 0.1) is 0 Å². The van der Waals surface area contributed by atoms with E-state index in [4.69, 9.17) is 5.73 Å². The number of aromatic nitrogens is 2. The molecule has 4 nitrogen and oxygen atoms in total. The number of halogens is 3. The minimum absolute atomic E-state index is 0.113. The van der Waals surface area contributed by atoms with Crippen LogP contribution in [0.1, 0.15) is 32.4 Å². The fourth-order valence-corrected chi connectivity index (χ4v) is 1.53. The Morgan fingerprint density at radius 2 is 1.89 bits per heavy atom. The van der Waals surface area contributed by atoms with Crippen LogP contribution in [-0.2, 0) is 6.18 Å². The monoisotopic (exact) mass is 262 g/mol. The van der Waals surface area contributed by atoms with E-state index >= 15 is 0 Å². The van der Waals surface area contributed by atoms with Crippen LogP contribution in [0.3, 0.4) is 0 Å². The number of hydrogen-bond donors (Lipinski definition) is 2. The van der Waals surface area contributed by atoms with Gasteiger partial charge in [0.15, 0.2) is 5.69 Å². The number of nitrogens with two attached hydrogens (primary N) is 1. The second-order valence-electron chi connectivity index (χ2n) is 4.06. The average molecular weight is 262 g/mol. The molecule has 0 atom stereocenters. The second-order valence-corrected chi connectivity index (χ2v) is 4.06. The molecule has 0 aromatic carbocycles. The summed E-state index contributed by atoms with van der Waals surface area (Å²) in [5.41, 5.74) is 4.24. The lowest BCUT2D eigenvalue weighted by molar-refractivity contribution is -0.141. The molecule has 0 aliphatic heterocycles. The van der Waals surface area contributed by atoms with Crippen LogP contribution < -0.4 is 11.1 Å². The Morgan fingerprint density at radius 1 is 1.28 bits per heavy atom. The Kier molecular flexibility index (Phi) is 4.75.